The first-order chi connectivity index (χ1) is 22.0. The molecule has 0 saturated carbocycles. The van der Waals surface area contributed by atoms with Crippen LogP contribution in [0.1, 0.15) is 53.5 Å². The van der Waals surface area contributed by atoms with Gasteiger partial charge in [0.05, 0.1) is 11.9 Å². The molecule has 5 rings (SSSR count). The molecule has 238 valence electrons. The van der Waals surface area contributed by atoms with Gasteiger partial charge in [-0.15, -0.1) is 11.3 Å². The van der Waals surface area contributed by atoms with Crippen LogP contribution >= 0.6 is 11.3 Å². The number of carboxylic acids is 1. The maximum Gasteiger partial charge on any atom is 0.341 e. The molecule has 10 heteroatoms. The molecule has 0 aliphatic carbocycles. The predicted octanol–water partition coefficient (Wildman–Crippen LogP) is 7.54. The highest BCUT2D eigenvalue weighted by molar-refractivity contribution is 7.22. The van der Waals surface area contributed by atoms with Gasteiger partial charge in [0.15, 0.2) is 0 Å². The second kappa shape index (κ2) is 13.8. The lowest BCUT2D eigenvalue weighted by atomic mass is 10.0. The van der Waals surface area contributed by atoms with Crippen LogP contribution in [0.3, 0.4) is 0 Å². The minimum atomic E-state index is -1.40. The van der Waals surface area contributed by atoms with Gasteiger partial charge < -0.3 is 15.0 Å². The summed E-state index contributed by atoms with van der Waals surface area (Å²) in [6.45, 7) is 5.89. The highest BCUT2D eigenvalue weighted by atomic mass is 32.1. The van der Waals surface area contributed by atoms with Crippen molar-refractivity contribution in [3.8, 4) is 10.4 Å². The third kappa shape index (κ3) is 6.63. The molecule has 2 heterocycles. The molecule has 0 unspecified atom stereocenters. The Morgan fingerprint density at radius 2 is 1.59 bits per heavy atom. The summed E-state index contributed by atoms with van der Waals surface area (Å²) in [5, 5.41) is 13.4. The largest absolute Gasteiger partial charge is 0.477 e. The molecule has 0 atom stereocenters. The van der Waals surface area contributed by atoms with Gasteiger partial charge in [-0.1, -0.05) is 69.3 Å². The number of hydrogen-bond donors (Lipinski definition) is 2. The molecule has 3 aromatic carbocycles. The highest BCUT2D eigenvalue weighted by Crippen LogP contribution is 2.40. The Hall–Kier alpha value is -4.67. The number of fused-ring (bicyclic) bond motifs is 1. The quantitative estimate of drug-likeness (QED) is 0.155. The van der Waals surface area contributed by atoms with Gasteiger partial charge in [-0.05, 0) is 54.4 Å². The second-order valence-corrected chi connectivity index (χ2v) is 12.6. The summed E-state index contributed by atoms with van der Waals surface area (Å²) in [6.07, 6.45) is 0.156. The minimum Gasteiger partial charge on any atom is -0.477 e. The van der Waals surface area contributed by atoms with Crippen LogP contribution in [0.5, 0.6) is 0 Å². The number of nitrogens with one attached hydrogen (secondary N) is 1. The van der Waals surface area contributed by atoms with Gasteiger partial charge in [0.1, 0.15) is 22.0 Å². The number of pyridine rings is 1. The molecule has 5 aromatic rings. The smallest absolute Gasteiger partial charge is 0.341 e. The van der Waals surface area contributed by atoms with Gasteiger partial charge in [-0.3, -0.25) is 14.5 Å². The van der Waals surface area contributed by atoms with Gasteiger partial charge >= 0.3 is 5.97 Å². The summed E-state index contributed by atoms with van der Waals surface area (Å²) in [6, 6.07) is 20.6. The van der Waals surface area contributed by atoms with E-state index in [1.807, 2.05) is 54.4 Å². The van der Waals surface area contributed by atoms with Crippen LogP contribution in [-0.2, 0) is 30.8 Å². The van der Waals surface area contributed by atoms with E-state index in [1.54, 1.807) is 37.5 Å². The van der Waals surface area contributed by atoms with Crippen molar-refractivity contribution < 1.29 is 23.5 Å². The average molecular weight is 644 g/mol. The number of carboxylic acid groups (broad SMARTS) is 1. The van der Waals surface area contributed by atoms with Crippen LogP contribution in [0, 0.1) is 17.6 Å². The van der Waals surface area contributed by atoms with Crippen LogP contribution in [0.2, 0.25) is 0 Å². The van der Waals surface area contributed by atoms with Crippen molar-refractivity contribution in [3.63, 3.8) is 0 Å². The first-order valence-corrected chi connectivity index (χ1v) is 15.8. The normalized spacial score (nSPS) is 11.5. The number of aromatic carboxylic acids is 1. The van der Waals surface area contributed by atoms with E-state index >= 15 is 0 Å². The fraction of sp³-hybridized carbons (Fsp3) is 0.250. The summed E-state index contributed by atoms with van der Waals surface area (Å²) >= 11 is 1.28. The first-order valence-electron chi connectivity index (χ1n) is 15.0. The number of carbonyl (C=O) groups is 2. The zero-order valence-electron chi connectivity index (χ0n) is 26.1. The lowest BCUT2D eigenvalue weighted by Gasteiger charge is -2.19. The van der Waals surface area contributed by atoms with Crippen LogP contribution in [0.25, 0.3) is 20.7 Å². The summed E-state index contributed by atoms with van der Waals surface area (Å²) in [4.78, 5) is 42.2. The van der Waals surface area contributed by atoms with E-state index < -0.39 is 28.6 Å². The Bertz CT molecular complexity index is 1950. The maximum atomic E-state index is 15.0. The summed E-state index contributed by atoms with van der Waals surface area (Å²) < 4.78 is 31.5. The zero-order chi connectivity index (χ0) is 33.1. The third-order valence-electron chi connectivity index (χ3n) is 7.89. The number of halogens is 2. The van der Waals surface area contributed by atoms with Crippen molar-refractivity contribution in [2.45, 2.75) is 46.8 Å². The minimum absolute atomic E-state index is 0.122. The van der Waals surface area contributed by atoms with E-state index in [2.05, 4.69) is 5.32 Å². The van der Waals surface area contributed by atoms with Crippen molar-refractivity contribution in [3.05, 3.63) is 123 Å². The van der Waals surface area contributed by atoms with E-state index in [9.17, 15) is 28.3 Å². The summed E-state index contributed by atoms with van der Waals surface area (Å²) in [7, 11) is 1.91. The lowest BCUT2D eigenvalue weighted by molar-refractivity contribution is -0.118. The summed E-state index contributed by atoms with van der Waals surface area (Å²) in [5.74, 6) is -3.24. The topological polar surface area (TPSA) is 91.6 Å². The number of aromatic nitrogens is 1. The van der Waals surface area contributed by atoms with E-state index in [0.29, 0.717) is 29.2 Å². The maximum absolute atomic E-state index is 15.0. The molecular weight excluding hydrogens is 608 g/mol. The molecule has 0 radical (unpaired) electrons. The first kappa shape index (κ1) is 32.7. The fourth-order valence-electron chi connectivity index (χ4n) is 5.58. The number of anilines is 1. The number of thiophene rings is 1. The molecule has 2 aromatic heterocycles. The second-order valence-electron chi connectivity index (χ2n) is 11.6. The van der Waals surface area contributed by atoms with Crippen molar-refractivity contribution in [2.24, 2.45) is 5.92 Å². The third-order valence-corrected chi connectivity index (χ3v) is 9.20. The number of nitrogens with zero attached hydrogens (tertiary/aromatic N) is 2. The summed E-state index contributed by atoms with van der Waals surface area (Å²) in [5.41, 5.74) is 1.98. The lowest BCUT2D eigenvalue weighted by Crippen LogP contribution is -2.25. The van der Waals surface area contributed by atoms with Crippen LogP contribution in [-0.4, -0.2) is 33.5 Å². The Labute approximate surface area is 269 Å². The zero-order valence-corrected chi connectivity index (χ0v) is 26.9. The number of rotatable bonds is 11. The van der Waals surface area contributed by atoms with Gasteiger partial charge in [-0.25, -0.2) is 13.6 Å². The Morgan fingerprint density at radius 3 is 2.17 bits per heavy atom. The number of carbonyl (C=O) groups excluding carboxylic acids is 1. The van der Waals surface area contributed by atoms with Crippen molar-refractivity contribution in [1.29, 1.82) is 0 Å². The molecular formula is C36H35F2N3O4S. The molecule has 0 aliphatic heterocycles. The molecule has 7 nitrogen and oxygen atoms in total. The molecule has 0 aliphatic rings. The van der Waals surface area contributed by atoms with E-state index in [4.69, 9.17) is 0 Å². The number of hydrogen-bond acceptors (Lipinski definition) is 5. The Balaban J connectivity index is 1.75. The van der Waals surface area contributed by atoms with Gasteiger partial charge in [0.2, 0.25) is 11.3 Å². The molecule has 0 bridgehead atoms. The molecule has 0 fully saturated rings. The van der Waals surface area contributed by atoms with Crippen molar-refractivity contribution >= 4 is 39.1 Å². The molecule has 0 spiro atoms. The van der Waals surface area contributed by atoms with Gasteiger partial charge in [0, 0.05) is 40.8 Å². The number of amides is 1. The SMILES string of the molecule is CCc1c(C(=O)O)c(=O)c2c(CN(C)Cc3ccccc3)c(-c3ccc(NC(=O)C(C)C)cc3)sc2n1Cc1c(F)cccc1F. The number of benzene rings is 3. The van der Waals surface area contributed by atoms with E-state index in [0.717, 1.165) is 28.1 Å². The molecule has 2 N–H and O–H groups in total. The van der Waals surface area contributed by atoms with Gasteiger partial charge in [-0.2, -0.15) is 0 Å². The fourth-order valence-corrected chi connectivity index (χ4v) is 6.92. The molecule has 0 saturated heterocycles. The highest BCUT2D eigenvalue weighted by Gasteiger charge is 2.28. The van der Waals surface area contributed by atoms with E-state index in [1.165, 1.54) is 17.4 Å². The molecule has 1 amide bonds. The molecule has 46 heavy (non-hydrogen) atoms. The Kier molecular flexibility index (Phi) is 9.79. The van der Waals surface area contributed by atoms with Crippen LogP contribution in [0.15, 0.2) is 77.6 Å². The van der Waals surface area contributed by atoms with Gasteiger partial charge in [0.25, 0.3) is 0 Å². The standard InChI is InChI=1S/C36H35F2N3O4S/c1-5-29-31(36(44)45)32(42)30-26(19-40(4)18-22-10-7-6-8-11-22)33(23-14-16-24(17-15-23)39-34(43)21(2)3)46-35(30)41(29)20-25-27(37)12-9-13-28(25)38/h6-17,21H,5,18-20H2,1-4H3,(H,39,43)(H,44,45). The van der Waals surface area contributed by atoms with Crippen molar-refractivity contribution in [2.75, 3.05) is 12.4 Å². The van der Waals surface area contributed by atoms with Crippen LogP contribution in [0.4, 0.5) is 14.5 Å². The van der Waals surface area contributed by atoms with Crippen LogP contribution < -0.4 is 10.7 Å². The van der Waals surface area contributed by atoms with Crippen molar-refractivity contribution in [1.82, 2.24) is 9.47 Å². The average Bonchev–Trinajstić information content (AvgIpc) is 3.39. The monoisotopic (exact) mass is 643 g/mol. The predicted molar refractivity (Wildman–Crippen MR) is 178 cm³/mol. The Morgan fingerprint density at radius 1 is 0.935 bits per heavy atom. The van der Waals surface area contributed by atoms with E-state index in [-0.39, 0.29) is 41.4 Å².